The predicted octanol–water partition coefficient (Wildman–Crippen LogP) is 5.32. The van der Waals surface area contributed by atoms with Crippen LogP contribution in [0.3, 0.4) is 0 Å². The van der Waals surface area contributed by atoms with Crippen LogP contribution in [-0.2, 0) is 11.3 Å². The Morgan fingerprint density at radius 3 is 2.26 bits per heavy atom. The maximum atomic E-state index is 13.9. The lowest BCUT2D eigenvalue weighted by molar-refractivity contribution is -0.137. The number of benzene rings is 3. The zero-order valence-electron chi connectivity index (χ0n) is 20.4. The van der Waals surface area contributed by atoms with Crippen molar-refractivity contribution >= 4 is 23.9 Å². The van der Waals surface area contributed by atoms with E-state index >= 15 is 0 Å². The van der Waals surface area contributed by atoms with Crippen LogP contribution in [0.25, 0.3) is 11.3 Å². The molecule has 0 unspecified atom stereocenters. The number of nitrogens with zero attached hydrogens (tertiary/aromatic N) is 2. The number of aldehydes is 1. The van der Waals surface area contributed by atoms with E-state index in [0.29, 0.717) is 35.3 Å². The van der Waals surface area contributed by atoms with Crippen LogP contribution in [-0.4, -0.2) is 39.7 Å². The third kappa shape index (κ3) is 6.89. The van der Waals surface area contributed by atoms with Gasteiger partial charge < -0.3 is 15.2 Å². The molecule has 4 rings (SSSR count). The van der Waals surface area contributed by atoms with E-state index in [0.717, 1.165) is 12.1 Å². The zero-order chi connectivity index (χ0) is 27.9. The molecule has 3 aromatic carbocycles. The van der Waals surface area contributed by atoms with Gasteiger partial charge in [-0.2, -0.15) is 5.10 Å². The number of anilines is 1. The largest absolute Gasteiger partial charge is 0.494 e. The SMILES string of the molecule is O=Cc1ccc(NC(=O)c2cc(-c3cc(F)c(F)c(F)c3)nn2Cc2ccc(OCCCC(=O)O)cc2)cc1. The van der Waals surface area contributed by atoms with Gasteiger partial charge in [0, 0.05) is 23.2 Å². The lowest BCUT2D eigenvalue weighted by atomic mass is 10.1. The number of rotatable bonds is 11. The van der Waals surface area contributed by atoms with Gasteiger partial charge in [0.2, 0.25) is 0 Å². The first-order valence-electron chi connectivity index (χ1n) is 11.8. The van der Waals surface area contributed by atoms with Crippen molar-refractivity contribution in [2.24, 2.45) is 0 Å². The molecule has 0 saturated heterocycles. The van der Waals surface area contributed by atoms with E-state index in [1.54, 1.807) is 36.4 Å². The summed E-state index contributed by atoms with van der Waals surface area (Å²) in [5.41, 5.74) is 1.59. The molecule has 0 spiro atoms. The Balaban J connectivity index is 1.59. The number of carboxylic acid groups (broad SMARTS) is 1. The summed E-state index contributed by atoms with van der Waals surface area (Å²) in [4.78, 5) is 34.7. The molecule has 1 amide bonds. The summed E-state index contributed by atoms with van der Waals surface area (Å²) in [6.45, 7) is 0.329. The Hall–Kier alpha value is -4.93. The van der Waals surface area contributed by atoms with Gasteiger partial charge in [0.25, 0.3) is 5.91 Å². The molecule has 0 fully saturated rings. The molecule has 39 heavy (non-hydrogen) atoms. The van der Waals surface area contributed by atoms with Gasteiger partial charge in [0.15, 0.2) is 17.5 Å². The number of hydrogen-bond donors (Lipinski definition) is 2. The van der Waals surface area contributed by atoms with E-state index in [1.807, 2.05) is 0 Å². The van der Waals surface area contributed by atoms with Crippen LogP contribution < -0.4 is 10.1 Å². The maximum Gasteiger partial charge on any atom is 0.303 e. The van der Waals surface area contributed by atoms with Crippen molar-refractivity contribution in [3.63, 3.8) is 0 Å². The first-order chi connectivity index (χ1) is 18.7. The Morgan fingerprint density at radius 1 is 0.974 bits per heavy atom. The minimum atomic E-state index is -1.61. The Kier molecular flexibility index (Phi) is 8.40. The van der Waals surface area contributed by atoms with E-state index < -0.39 is 29.3 Å². The molecule has 200 valence electrons. The molecule has 0 aliphatic carbocycles. The maximum absolute atomic E-state index is 13.9. The van der Waals surface area contributed by atoms with Crippen LogP contribution in [0.5, 0.6) is 5.75 Å². The highest BCUT2D eigenvalue weighted by Gasteiger charge is 2.20. The summed E-state index contributed by atoms with van der Waals surface area (Å²) in [5.74, 6) is -5.34. The topological polar surface area (TPSA) is 111 Å². The van der Waals surface area contributed by atoms with Gasteiger partial charge in [-0.1, -0.05) is 12.1 Å². The van der Waals surface area contributed by atoms with Crippen molar-refractivity contribution in [3.8, 4) is 17.0 Å². The molecule has 1 aromatic heterocycles. The first kappa shape index (κ1) is 27.1. The predicted molar refractivity (Wildman–Crippen MR) is 135 cm³/mol. The first-order valence-corrected chi connectivity index (χ1v) is 11.8. The highest BCUT2D eigenvalue weighted by molar-refractivity contribution is 6.03. The number of aromatic nitrogens is 2. The Labute approximate surface area is 220 Å². The van der Waals surface area contributed by atoms with Crippen LogP contribution in [0.1, 0.15) is 39.3 Å². The van der Waals surface area contributed by atoms with E-state index in [-0.39, 0.29) is 36.5 Å². The number of aliphatic carboxylic acids is 1. The molecule has 8 nitrogen and oxygen atoms in total. The van der Waals surface area contributed by atoms with Crippen LogP contribution in [0.15, 0.2) is 66.7 Å². The standard InChI is InChI=1S/C28H22F3N3O5/c29-22-12-19(13-23(30)27(22)31)24-14-25(28(38)32-20-7-3-18(16-35)4-8-20)34(33-24)15-17-5-9-21(10-6-17)39-11-1-2-26(36)37/h3-10,12-14,16H,1-2,11,15H2,(H,32,38)(H,36,37). The third-order valence-electron chi connectivity index (χ3n) is 5.66. The van der Waals surface area contributed by atoms with Gasteiger partial charge in [-0.3, -0.25) is 19.1 Å². The van der Waals surface area contributed by atoms with Crippen LogP contribution in [0.2, 0.25) is 0 Å². The van der Waals surface area contributed by atoms with Crippen LogP contribution in [0, 0.1) is 17.5 Å². The monoisotopic (exact) mass is 537 g/mol. The van der Waals surface area contributed by atoms with Gasteiger partial charge in [0.05, 0.1) is 18.8 Å². The fourth-order valence-electron chi connectivity index (χ4n) is 3.68. The van der Waals surface area contributed by atoms with Crippen molar-refractivity contribution < 1.29 is 37.4 Å². The number of nitrogens with one attached hydrogen (secondary N) is 1. The number of carbonyl (C=O) groups is 3. The number of carbonyl (C=O) groups excluding carboxylic acids is 2. The van der Waals surface area contributed by atoms with Crippen molar-refractivity contribution in [1.29, 1.82) is 0 Å². The summed E-state index contributed by atoms with van der Waals surface area (Å²) in [7, 11) is 0. The Bertz CT molecular complexity index is 1480. The smallest absolute Gasteiger partial charge is 0.303 e. The average molecular weight is 537 g/mol. The second-order valence-corrected chi connectivity index (χ2v) is 8.51. The second kappa shape index (κ2) is 12.1. The molecule has 0 saturated carbocycles. The van der Waals surface area contributed by atoms with Gasteiger partial charge in [-0.05, 0) is 66.6 Å². The zero-order valence-corrected chi connectivity index (χ0v) is 20.4. The van der Waals surface area contributed by atoms with Gasteiger partial charge in [-0.25, -0.2) is 13.2 Å². The molecule has 0 aliphatic heterocycles. The van der Waals surface area contributed by atoms with E-state index in [4.69, 9.17) is 9.84 Å². The molecule has 0 bridgehead atoms. The summed E-state index contributed by atoms with van der Waals surface area (Å²) < 4.78 is 48.1. The van der Waals surface area contributed by atoms with Gasteiger partial charge in [0.1, 0.15) is 17.7 Å². The molecule has 1 heterocycles. The molecular formula is C28H22F3N3O5. The lowest BCUT2D eigenvalue weighted by Crippen LogP contribution is -2.18. The third-order valence-corrected chi connectivity index (χ3v) is 5.66. The number of carboxylic acids is 1. The summed E-state index contributed by atoms with van der Waals surface area (Å²) in [6, 6.07) is 15.9. The van der Waals surface area contributed by atoms with Crippen molar-refractivity contribution in [3.05, 3.63) is 101 Å². The Morgan fingerprint density at radius 2 is 1.64 bits per heavy atom. The number of amides is 1. The minimum absolute atomic E-state index is 0.00631. The van der Waals surface area contributed by atoms with Gasteiger partial charge >= 0.3 is 5.97 Å². The molecule has 2 N–H and O–H groups in total. The second-order valence-electron chi connectivity index (χ2n) is 8.51. The molecule has 11 heteroatoms. The summed E-state index contributed by atoms with van der Waals surface area (Å²) in [6.07, 6.45) is 1.02. The minimum Gasteiger partial charge on any atom is -0.494 e. The molecule has 0 radical (unpaired) electrons. The van der Waals surface area contributed by atoms with E-state index in [2.05, 4.69) is 10.4 Å². The normalized spacial score (nSPS) is 10.7. The fraction of sp³-hybridized carbons (Fsp3) is 0.143. The average Bonchev–Trinajstić information content (AvgIpc) is 3.34. The molecule has 4 aromatic rings. The highest BCUT2D eigenvalue weighted by Crippen LogP contribution is 2.25. The van der Waals surface area contributed by atoms with Crippen LogP contribution >= 0.6 is 0 Å². The lowest BCUT2D eigenvalue weighted by Gasteiger charge is -2.10. The molecular weight excluding hydrogens is 515 g/mol. The van der Waals surface area contributed by atoms with Crippen molar-refractivity contribution in [1.82, 2.24) is 9.78 Å². The van der Waals surface area contributed by atoms with Crippen molar-refractivity contribution in [2.45, 2.75) is 19.4 Å². The quantitative estimate of drug-likeness (QED) is 0.152. The van der Waals surface area contributed by atoms with Crippen LogP contribution in [0.4, 0.5) is 18.9 Å². The number of hydrogen-bond acceptors (Lipinski definition) is 5. The summed E-state index contributed by atoms with van der Waals surface area (Å²) >= 11 is 0. The van der Waals surface area contributed by atoms with Crippen molar-refractivity contribution in [2.75, 3.05) is 11.9 Å². The molecule has 0 atom stereocenters. The summed E-state index contributed by atoms with van der Waals surface area (Å²) in [5, 5.41) is 15.7. The number of ether oxygens (including phenoxy) is 1. The number of halogens is 3. The van der Waals surface area contributed by atoms with E-state index in [9.17, 15) is 27.6 Å². The van der Waals surface area contributed by atoms with Gasteiger partial charge in [-0.15, -0.1) is 0 Å². The molecule has 0 aliphatic rings. The van der Waals surface area contributed by atoms with E-state index in [1.165, 1.54) is 22.9 Å². The highest BCUT2D eigenvalue weighted by atomic mass is 19.2. The fourth-order valence-corrected chi connectivity index (χ4v) is 3.68.